The SMILES string of the molecule is CSc1nnc(CO)n1C. The van der Waals surface area contributed by atoms with Crippen LogP contribution in [-0.4, -0.2) is 26.1 Å². The highest BCUT2D eigenvalue weighted by atomic mass is 32.2. The van der Waals surface area contributed by atoms with Crippen LogP contribution in [0.2, 0.25) is 0 Å². The van der Waals surface area contributed by atoms with Crippen LogP contribution in [0.5, 0.6) is 0 Å². The number of aliphatic hydroxyl groups excluding tert-OH is 1. The lowest BCUT2D eigenvalue weighted by Crippen LogP contribution is -1.97. The normalized spacial score (nSPS) is 10.3. The molecular formula is C5H9N3OS. The van der Waals surface area contributed by atoms with Gasteiger partial charge in [0.1, 0.15) is 6.61 Å². The number of nitrogens with zero attached hydrogens (tertiary/aromatic N) is 3. The molecule has 1 N–H and O–H groups in total. The third-order valence-corrected chi connectivity index (χ3v) is 1.97. The van der Waals surface area contributed by atoms with Gasteiger partial charge < -0.3 is 9.67 Å². The maximum absolute atomic E-state index is 8.69. The van der Waals surface area contributed by atoms with Crippen molar-refractivity contribution in [3.8, 4) is 0 Å². The molecule has 5 heteroatoms. The summed E-state index contributed by atoms with van der Waals surface area (Å²) in [5.74, 6) is 0.601. The molecule has 10 heavy (non-hydrogen) atoms. The summed E-state index contributed by atoms with van der Waals surface area (Å²) in [5.41, 5.74) is 0. The van der Waals surface area contributed by atoms with Crippen molar-refractivity contribution in [2.75, 3.05) is 6.26 Å². The number of hydrogen-bond donors (Lipinski definition) is 1. The summed E-state index contributed by atoms with van der Waals surface area (Å²) in [5, 5.41) is 17.1. The topological polar surface area (TPSA) is 50.9 Å². The summed E-state index contributed by atoms with van der Waals surface area (Å²) in [6.45, 7) is -0.0515. The molecule has 0 aliphatic heterocycles. The Balaban J connectivity index is 2.97. The highest BCUT2D eigenvalue weighted by molar-refractivity contribution is 7.98. The van der Waals surface area contributed by atoms with Gasteiger partial charge in [-0.1, -0.05) is 11.8 Å². The fraction of sp³-hybridized carbons (Fsp3) is 0.600. The molecule has 0 saturated heterocycles. The lowest BCUT2D eigenvalue weighted by Gasteiger charge is -1.96. The Kier molecular flexibility index (Phi) is 2.29. The second-order valence-electron chi connectivity index (χ2n) is 1.82. The van der Waals surface area contributed by atoms with Crippen LogP contribution in [-0.2, 0) is 13.7 Å². The zero-order valence-electron chi connectivity index (χ0n) is 5.90. The first-order chi connectivity index (χ1) is 4.79. The van der Waals surface area contributed by atoms with E-state index in [-0.39, 0.29) is 6.61 Å². The van der Waals surface area contributed by atoms with Crippen molar-refractivity contribution in [1.82, 2.24) is 14.8 Å². The summed E-state index contributed by atoms with van der Waals surface area (Å²) in [6.07, 6.45) is 1.92. The Morgan fingerprint density at radius 1 is 1.60 bits per heavy atom. The Hall–Kier alpha value is -0.550. The molecule has 0 aromatic carbocycles. The maximum atomic E-state index is 8.69. The van der Waals surface area contributed by atoms with E-state index >= 15 is 0 Å². The Labute approximate surface area is 63.3 Å². The summed E-state index contributed by atoms with van der Waals surface area (Å²) in [4.78, 5) is 0. The van der Waals surface area contributed by atoms with E-state index in [2.05, 4.69) is 10.2 Å². The fourth-order valence-electron chi connectivity index (χ4n) is 0.661. The molecule has 0 unspecified atom stereocenters. The minimum Gasteiger partial charge on any atom is -0.388 e. The number of rotatable bonds is 2. The summed E-state index contributed by atoms with van der Waals surface area (Å²) >= 11 is 1.51. The number of hydrogen-bond acceptors (Lipinski definition) is 4. The fourth-order valence-corrected chi connectivity index (χ4v) is 1.16. The second-order valence-corrected chi connectivity index (χ2v) is 2.59. The van der Waals surface area contributed by atoms with Gasteiger partial charge in [0.25, 0.3) is 0 Å². The molecule has 0 aliphatic carbocycles. The first-order valence-electron chi connectivity index (χ1n) is 2.82. The van der Waals surface area contributed by atoms with Gasteiger partial charge in [0, 0.05) is 7.05 Å². The van der Waals surface area contributed by atoms with Crippen LogP contribution in [0.1, 0.15) is 5.82 Å². The van der Waals surface area contributed by atoms with Crippen LogP contribution in [0.3, 0.4) is 0 Å². The van der Waals surface area contributed by atoms with Crippen molar-refractivity contribution in [1.29, 1.82) is 0 Å². The quantitative estimate of drug-likeness (QED) is 0.618. The van der Waals surface area contributed by atoms with Crippen LogP contribution >= 0.6 is 11.8 Å². The van der Waals surface area contributed by atoms with Crippen LogP contribution in [0.25, 0.3) is 0 Å². The van der Waals surface area contributed by atoms with Crippen LogP contribution in [0, 0.1) is 0 Å². The van der Waals surface area contributed by atoms with E-state index in [1.54, 1.807) is 4.57 Å². The highest BCUT2D eigenvalue weighted by Crippen LogP contribution is 2.10. The first kappa shape index (κ1) is 7.56. The molecule has 0 atom stereocenters. The van der Waals surface area contributed by atoms with Crippen molar-refractivity contribution in [2.24, 2.45) is 7.05 Å². The number of aliphatic hydroxyl groups is 1. The molecule has 0 spiro atoms. The molecule has 0 saturated carbocycles. The summed E-state index contributed by atoms with van der Waals surface area (Å²) in [6, 6.07) is 0. The van der Waals surface area contributed by atoms with Gasteiger partial charge in [-0.05, 0) is 6.26 Å². The molecular weight excluding hydrogens is 150 g/mol. The van der Waals surface area contributed by atoms with Crippen LogP contribution < -0.4 is 0 Å². The molecule has 0 aliphatic rings. The smallest absolute Gasteiger partial charge is 0.190 e. The van der Waals surface area contributed by atoms with E-state index in [4.69, 9.17) is 5.11 Å². The summed E-state index contributed by atoms with van der Waals surface area (Å²) < 4.78 is 1.77. The Morgan fingerprint density at radius 2 is 2.30 bits per heavy atom. The third kappa shape index (κ3) is 1.15. The van der Waals surface area contributed by atoms with Gasteiger partial charge in [0.15, 0.2) is 11.0 Å². The zero-order valence-corrected chi connectivity index (χ0v) is 6.72. The average Bonchev–Trinajstić information content (AvgIpc) is 2.30. The molecule has 4 nitrogen and oxygen atoms in total. The molecule has 0 fully saturated rings. The van der Waals surface area contributed by atoms with Crippen molar-refractivity contribution >= 4 is 11.8 Å². The number of aromatic nitrogens is 3. The van der Waals surface area contributed by atoms with E-state index in [1.807, 2.05) is 13.3 Å². The van der Waals surface area contributed by atoms with Gasteiger partial charge in [0.05, 0.1) is 0 Å². The van der Waals surface area contributed by atoms with Crippen molar-refractivity contribution in [3.63, 3.8) is 0 Å². The largest absolute Gasteiger partial charge is 0.388 e. The van der Waals surface area contributed by atoms with Crippen molar-refractivity contribution in [2.45, 2.75) is 11.8 Å². The van der Waals surface area contributed by atoms with E-state index in [9.17, 15) is 0 Å². The first-order valence-corrected chi connectivity index (χ1v) is 4.05. The molecule has 1 rings (SSSR count). The lowest BCUT2D eigenvalue weighted by atomic mass is 10.6. The van der Waals surface area contributed by atoms with E-state index in [0.717, 1.165) is 5.16 Å². The zero-order chi connectivity index (χ0) is 7.56. The van der Waals surface area contributed by atoms with Gasteiger partial charge in [-0.15, -0.1) is 10.2 Å². The van der Waals surface area contributed by atoms with Gasteiger partial charge in [0.2, 0.25) is 0 Å². The van der Waals surface area contributed by atoms with E-state index in [1.165, 1.54) is 11.8 Å². The predicted molar refractivity (Wildman–Crippen MR) is 38.7 cm³/mol. The molecule has 1 heterocycles. The number of thioether (sulfide) groups is 1. The van der Waals surface area contributed by atoms with E-state index in [0.29, 0.717) is 5.82 Å². The monoisotopic (exact) mass is 159 g/mol. The van der Waals surface area contributed by atoms with Gasteiger partial charge in [-0.3, -0.25) is 0 Å². The average molecular weight is 159 g/mol. The van der Waals surface area contributed by atoms with Crippen molar-refractivity contribution < 1.29 is 5.11 Å². The standard InChI is InChI=1S/C5H9N3OS/c1-8-4(3-9)6-7-5(8)10-2/h9H,3H2,1-2H3. The van der Waals surface area contributed by atoms with E-state index < -0.39 is 0 Å². The Morgan fingerprint density at radius 3 is 2.60 bits per heavy atom. The lowest BCUT2D eigenvalue weighted by molar-refractivity contribution is 0.266. The highest BCUT2D eigenvalue weighted by Gasteiger charge is 2.04. The molecule has 56 valence electrons. The van der Waals surface area contributed by atoms with Gasteiger partial charge in [-0.2, -0.15) is 0 Å². The second kappa shape index (κ2) is 3.03. The minimum atomic E-state index is -0.0515. The Bertz CT molecular complexity index is 201. The summed E-state index contributed by atoms with van der Waals surface area (Å²) in [7, 11) is 1.83. The molecule has 1 aromatic heterocycles. The van der Waals surface area contributed by atoms with Gasteiger partial charge in [-0.25, -0.2) is 0 Å². The molecule has 0 amide bonds. The van der Waals surface area contributed by atoms with Crippen LogP contribution in [0.15, 0.2) is 5.16 Å². The van der Waals surface area contributed by atoms with Crippen molar-refractivity contribution in [3.05, 3.63) is 5.82 Å². The third-order valence-electron chi connectivity index (χ3n) is 1.25. The molecule has 0 bridgehead atoms. The van der Waals surface area contributed by atoms with Gasteiger partial charge >= 0.3 is 0 Å². The minimum absolute atomic E-state index is 0.0515. The predicted octanol–water partition coefficient (Wildman–Crippen LogP) is 0.0293. The molecule has 0 radical (unpaired) electrons. The van der Waals surface area contributed by atoms with Crippen LogP contribution in [0.4, 0.5) is 0 Å². The maximum Gasteiger partial charge on any atom is 0.190 e. The molecule has 1 aromatic rings.